The lowest BCUT2D eigenvalue weighted by atomic mass is 10.0. The first-order chi connectivity index (χ1) is 10.5. The molecule has 3 aromatic heterocycles. The van der Waals surface area contributed by atoms with Crippen LogP contribution in [0.4, 0.5) is 0 Å². The van der Waals surface area contributed by atoms with Crippen molar-refractivity contribution in [2.24, 2.45) is 12.8 Å². The maximum atomic E-state index is 11.0. The Morgan fingerprint density at radius 1 is 1.32 bits per heavy atom. The van der Waals surface area contributed by atoms with Gasteiger partial charge in [-0.1, -0.05) is 0 Å². The number of nitrogens with two attached hydrogens (primary N) is 1. The SMILES string of the molecule is Cc1nn(CCC(N)=O)c(C)c1-c1ccnc2c1ccn2C. The van der Waals surface area contributed by atoms with E-state index in [1.54, 1.807) is 0 Å². The van der Waals surface area contributed by atoms with E-state index in [1.165, 1.54) is 0 Å². The molecule has 6 heteroatoms. The lowest BCUT2D eigenvalue weighted by molar-refractivity contribution is -0.118. The number of hydrogen-bond donors (Lipinski definition) is 1. The molecule has 114 valence electrons. The number of aromatic nitrogens is 4. The number of amides is 1. The van der Waals surface area contributed by atoms with Gasteiger partial charge in [0, 0.05) is 49.1 Å². The van der Waals surface area contributed by atoms with Gasteiger partial charge in [0.05, 0.1) is 5.69 Å². The number of hydrogen-bond acceptors (Lipinski definition) is 3. The highest BCUT2D eigenvalue weighted by molar-refractivity contribution is 5.94. The van der Waals surface area contributed by atoms with Crippen molar-refractivity contribution in [3.05, 3.63) is 35.9 Å². The van der Waals surface area contributed by atoms with Crippen molar-refractivity contribution < 1.29 is 4.79 Å². The zero-order valence-electron chi connectivity index (χ0n) is 13.0. The van der Waals surface area contributed by atoms with Gasteiger partial charge in [0.25, 0.3) is 0 Å². The highest BCUT2D eigenvalue weighted by Crippen LogP contribution is 2.32. The van der Waals surface area contributed by atoms with E-state index in [9.17, 15) is 4.79 Å². The summed E-state index contributed by atoms with van der Waals surface area (Å²) in [7, 11) is 1.98. The van der Waals surface area contributed by atoms with Crippen LogP contribution in [0, 0.1) is 13.8 Å². The average molecular weight is 297 g/mol. The molecule has 0 aliphatic carbocycles. The molecule has 0 aliphatic heterocycles. The Bertz CT molecular complexity index is 859. The summed E-state index contributed by atoms with van der Waals surface area (Å²) in [6.45, 7) is 4.51. The molecule has 0 fully saturated rings. The van der Waals surface area contributed by atoms with Crippen LogP contribution in [0.1, 0.15) is 17.8 Å². The van der Waals surface area contributed by atoms with Gasteiger partial charge < -0.3 is 10.3 Å². The zero-order valence-corrected chi connectivity index (χ0v) is 13.0. The molecule has 0 aromatic carbocycles. The molecule has 0 radical (unpaired) electrons. The Kier molecular flexibility index (Phi) is 3.44. The second-order valence-corrected chi connectivity index (χ2v) is 5.51. The molecular formula is C16H19N5O. The van der Waals surface area contributed by atoms with E-state index < -0.39 is 0 Å². The summed E-state index contributed by atoms with van der Waals surface area (Å²) in [5.41, 5.74) is 10.4. The largest absolute Gasteiger partial charge is 0.370 e. The molecule has 0 aliphatic rings. The molecule has 0 bridgehead atoms. The van der Waals surface area contributed by atoms with Crippen molar-refractivity contribution in [2.75, 3.05) is 0 Å². The van der Waals surface area contributed by atoms with E-state index in [0.29, 0.717) is 13.0 Å². The first-order valence-corrected chi connectivity index (χ1v) is 7.21. The zero-order chi connectivity index (χ0) is 15.9. The van der Waals surface area contributed by atoms with Crippen LogP contribution < -0.4 is 5.73 Å². The predicted molar refractivity (Wildman–Crippen MR) is 85.2 cm³/mol. The van der Waals surface area contributed by atoms with Gasteiger partial charge in [-0.25, -0.2) is 4.98 Å². The van der Waals surface area contributed by atoms with Gasteiger partial charge in [0.1, 0.15) is 5.65 Å². The monoisotopic (exact) mass is 297 g/mol. The van der Waals surface area contributed by atoms with E-state index in [1.807, 2.05) is 48.6 Å². The summed E-state index contributed by atoms with van der Waals surface area (Å²) in [5, 5.41) is 5.66. The highest BCUT2D eigenvalue weighted by atomic mass is 16.1. The van der Waals surface area contributed by atoms with E-state index in [2.05, 4.69) is 16.1 Å². The standard InChI is InChI=1S/C16H19N5O/c1-10-15(11(2)21(19-10)9-6-14(17)22)12-4-7-18-16-13(12)5-8-20(16)3/h4-5,7-8H,6,9H2,1-3H3,(H2,17,22). The third kappa shape index (κ3) is 2.26. The summed E-state index contributed by atoms with van der Waals surface area (Å²) in [6, 6.07) is 4.08. The number of rotatable bonds is 4. The second kappa shape index (κ2) is 5.29. The third-order valence-corrected chi connectivity index (χ3v) is 3.99. The fourth-order valence-corrected chi connectivity index (χ4v) is 2.90. The minimum atomic E-state index is -0.316. The quantitative estimate of drug-likeness (QED) is 0.799. The van der Waals surface area contributed by atoms with Crippen molar-refractivity contribution in [3.8, 4) is 11.1 Å². The minimum absolute atomic E-state index is 0.290. The molecule has 0 saturated carbocycles. The van der Waals surface area contributed by atoms with E-state index in [0.717, 1.165) is 33.5 Å². The van der Waals surface area contributed by atoms with Gasteiger partial charge in [-0.05, 0) is 31.5 Å². The summed E-state index contributed by atoms with van der Waals surface area (Å²) in [6.07, 6.45) is 4.11. The molecule has 3 rings (SSSR count). The maximum absolute atomic E-state index is 11.0. The topological polar surface area (TPSA) is 78.7 Å². The molecule has 3 aromatic rings. The Hall–Kier alpha value is -2.63. The van der Waals surface area contributed by atoms with Crippen molar-refractivity contribution in [1.29, 1.82) is 0 Å². The number of carbonyl (C=O) groups excluding carboxylic acids is 1. The Morgan fingerprint density at radius 3 is 2.82 bits per heavy atom. The predicted octanol–water partition coefficient (Wildman–Crippen LogP) is 1.93. The Balaban J connectivity index is 2.13. The Morgan fingerprint density at radius 2 is 2.09 bits per heavy atom. The highest BCUT2D eigenvalue weighted by Gasteiger charge is 2.17. The van der Waals surface area contributed by atoms with Gasteiger partial charge in [0.2, 0.25) is 5.91 Å². The van der Waals surface area contributed by atoms with Crippen LogP contribution in [-0.4, -0.2) is 25.2 Å². The van der Waals surface area contributed by atoms with Crippen molar-refractivity contribution in [3.63, 3.8) is 0 Å². The molecular weight excluding hydrogens is 278 g/mol. The van der Waals surface area contributed by atoms with Crippen LogP contribution in [0.2, 0.25) is 0 Å². The fourth-order valence-electron chi connectivity index (χ4n) is 2.90. The van der Waals surface area contributed by atoms with E-state index in [-0.39, 0.29) is 5.91 Å². The molecule has 3 heterocycles. The Labute approximate surface area is 128 Å². The number of nitrogens with zero attached hydrogens (tertiary/aromatic N) is 4. The summed E-state index contributed by atoms with van der Waals surface area (Å²) >= 11 is 0. The van der Waals surface area contributed by atoms with E-state index in [4.69, 9.17) is 5.73 Å². The van der Waals surface area contributed by atoms with Crippen LogP contribution in [0.25, 0.3) is 22.2 Å². The van der Waals surface area contributed by atoms with Gasteiger partial charge in [-0.3, -0.25) is 9.48 Å². The second-order valence-electron chi connectivity index (χ2n) is 5.51. The third-order valence-electron chi connectivity index (χ3n) is 3.99. The van der Waals surface area contributed by atoms with Crippen LogP contribution in [0.15, 0.2) is 24.5 Å². The molecule has 0 atom stereocenters. The number of fused-ring (bicyclic) bond motifs is 1. The lowest BCUT2D eigenvalue weighted by Gasteiger charge is -2.06. The molecule has 1 amide bonds. The molecule has 0 saturated heterocycles. The maximum Gasteiger partial charge on any atom is 0.219 e. The van der Waals surface area contributed by atoms with E-state index >= 15 is 0 Å². The summed E-state index contributed by atoms with van der Waals surface area (Å²) in [4.78, 5) is 15.4. The van der Waals surface area contributed by atoms with Crippen LogP contribution in [0.5, 0.6) is 0 Å². The van der Waals surface area contributed by atoms with Crippen LogP contribution in [-0.2, 0) is 18.4 Å². The molecule has 22 heavy (non-hydrogen) atoms. The van der Waals surface area contributed by atoms with Crippen molar-refractivity contribution in [2.45, 2.75) is 26.8 Å². The van der Waals surface area contributed by atoms with Gasteiger partial charge in [0.15, 0.2) is 0 Å². The van der Waals surface area contributed by atoms with Gasteiger partial charge >= 0.3 is 0 Å². The number of carbonyl (C=O) groups is 1. The number of pyridine rings is 1. The first kappa shape index (κ1) is 14.3. The fraction of sp³-hybridized carbons (Fsp3) is 0.312. The smallest absolute Gasteiger partial charge is 0.219 e. The van der Waals surface area contributed by atoms with Gasteiger partial charge in [-0.2, -0.15) is 5.10 Å². The van der Waals surface area contributed by atoms with Crippen LogP contribution in [0.3, 0.4) is 0 Å². The molecule has 6 nitrogen and oxygen atoms in total. The average Bonchev–Trinajstić information content (AvgIpc) is 2.98. The normalized spacial score (nSPS) is 11.2. The molecule has 2 N–H and O–H groups in total. The molecule has 0 spiro atoms. The summed E-state index contributed by atoms with van der Waals surface area (Å²) in [5.74, 6) is -0.316. The summed E-state index contributed by atoms with van der Waals surface area (Å²) < 4.78 is 3.85. The van der Waals surface area contributed by atoms with Crippen molar-refractivity contribution >= 4 is 16.9 Å². The van der Waals surface area contributed by atoms with Gasteiger partial charge in [-0.15, -0.1) is 0 Å². The number of aryl methyl sites for hydroxylation is 3. The lowest BCUT2D eigenvalue weighted by Crippen LogP contribution is -2.15. The van der Waals surface area contributed by atoms with Crippen molar-refractivity contribution in [1.82, 2.24) is 19.3 Å². The molecule has 0 unspecified atom stereocenters. The minimum Gasteiger partial charge on any atom is -0.370 e. The van der Waals surface area contributed by atoms with Crippen LogP contribution >= 0.6 is 0 Å². The first-order valence-electron chi connectivity index (χ1n) is 7.21. The number of primary amides is 1.